The fourth-order valence-electron chi connectivity index (χ4n) is 3.54. The average Bonchev–Trinajstić information content (AvgIpc) is 3.03. The lowest BCUT2D eigenvalue weighted by molar-refractivity contribution is 0.0747. The number of carbonyl (C=O) groups excluding carboxylic acids is 2. The topological polar surface area (TPSA) is 70.8 Å². The van der Waals surface area contributed by atoms with Crippen LogP contribution in [0.4, 0.5) is 10.1 Å². The molecular weight excluding hydrogens is 361 g/mol. The summed E-state index contributed by atoms with van der Waals surface area (Å²) in [5, 5.41) is 4.34. The Bertz CT molecular complexity index is 1070. The highest BCUT2D eigenvalue weighted by molar-refractivity contribution is 6.01. The van der Waals surface area contributed by atoms with Gasteiger partial charge in [0, 0.05) is 44.1 Å². The van der Waals surface area contributed by atoms with Crippen molar-refractivity contribution in [1.29, 1.82) is 0 Å². The molecule has 0 atom stereocenters. The van der Waals surface area contributed by atoms with E-state index >= 15 is 0 Å². The predicted molar refractivity (Wildman–Crippen MR) is 102 cm³/mol. The molecule has 0 aliphatic carbocycles. The molecular formula is C20H20FN5O2. The number of hydrogen-bond donors (Lipinski definition) is 0. The van der Waals surface area contributed by atoms with Crippen molar-refractivity contribution in [2.45, 2.75) is 13.8 Å². The van der Waals surface area contributed by atoms with Crippen LogP contribution in [-0.2, 0) is 0 Å². The maximum atomic E-state index is 14.4. The van der Waals surface area contributed by atoms with Crippen LogP contribution in [0.5, 0.6) is 0 Å². The number of ketones is 1. The fourth-order valence-corrected chi connectivity index (χ4v) is 3.54. The van der Waals surface area contributed by atoms with Crippen molar-refractivity contribution in [1.82, 2.24) is 19.5 Å². The molecule has 0 unspecified atom stereocenters. The fraction of sp³-hybridized carbons (Fsp3) is 0.300. The number of Topliss-reactive ketones (excluding diaryl/α,β-unsaturated/α-hetero) is 1. The normalized spacial score (nSPS) is 14.5. The largest absolute Gasteiger partial charge is 0.366 e. The van der Waals surface area contributed by atoms with Crippen LogP contribution < -0.4 is 4.90 Å². The molecule has 0 radical (unpaired) electrons. The minimum Gasteiger partial charge on any atom is -0.366 e. The first kappa shape index (κ1) is 18.1. The van der Waals surface area contributed by atoms with Crippen molar-refractivity contribution in [3.8, 4) is 0 Å². The maximum Gasteiger partial charge on any atom is 0.259 e. The summed E-state index contributed by atoms with van der Waals surface area (Å²) in [6.45, 7) is 5.16. The van der Waals surface area contributed by atoms with Crippen LogP contribution in [0.3, 0.4) is 0 Å². The van der Waals surface area contributed by atoms with Gasteiger partial charge in [-0.25, -0.2) is 13.9 Å². The molecule has 0 saturated carbocycles. The van der Waals surface area contributed by atoms with Gasteiger partial charge in [-0.1, -0.05) is 0 Å². The van der Waals surface area contributed by atoms with Crippen LogP contribution in [0.2, 0.25) is 0 Å². The van der Waals surface area contributed by atoms with Gasteiger partial charge in [-0.3, -0.25) is 9.59 Å². The molecule has 1 fully saturated rings. The summed E-state index contributed by atoms with van der Waals surface area (Å²) in [5.74, 6) is -0.702. The van der Waals surface area contributed by atoms with E-state index < -0.39 is 5.82 Å². The van der Waals surface area contributed by atoms with Crippen molar-refractivity contribution < 1.29 is 14.0 Å². The van der Waals surface area contributed by atoms with Gasteiger partial charge in [-0.05, 0) is 38.1 Å². The molecule has 4 rings (SSSR count). The van der Waals surface area contributed by atoms with Gasteiger partial charge < -0.3 is 9.80 Å². The first-order valence-electron chi connectivity index (χ1n) is 9.10. The minimum absolute atomic E-state index is 0.113. The van der Waals surface area contributed by atoms with Crippen molar-refractivity contribution >= 4 is 23.0 Å². The third-order valence-corrected chi connectivity index (χ3v) is 5.05. The molecule has 0 N–H and O–H groups in total. The number of hydrogen-bond acceptors (Lipinski definition) is 5. The van der Waals surface area contributed by atoms with Crippen LogP contribution in [0, 0.1) is 12.7 Å². The van der Waals surface area contributed by atoms with E-state index in [1.54, 1.807) is 46.9 Å². The zero-order chi connectivity index (χ0) is 19.8. The molecule has 0 bridgehead atoms. The van der Waals surface area contributed by atoms with Gasteiger partial charge in [0.2, 0.25) is 0 Å². The van der Waals surface area contributed by atoms with Gasteiger partial charge in [0.05, 0.1) is 11.4 Å². The molecule has 144 valence electrons. The van der Waals surface area contributed by atoms with Gasteiger partial charge in [0.25, 0.3) is 5.91 Å². The van der Waals surface area contributed by atoms with Gasteiger partial charge in [0.15, 0.2) is 11.4 Å². The van der Waals surface area contributed by atoms with Crippen LogP contribution >= 0.6 is 0 Å². The third-order valence-electron chi connectivity index (χ3n) is 5.05. The molecule has 1 saturated heterocycles. The number of rotatable bonds is 3. The van der Waals surface area contributed by atoms with Gasteiger partial charge in [-0.15, -0.1) is 0 Å². The molecule has 1 aliphatic heterocycles. The molecule has 1 aliphatic rings. The molecule has 28 heavy (non-hydrogen) atoms. The number of nitrogens with zero attached hydrogens (tertiary/aromatic N) is 5. The van der Waals surface area contributed by atoms with Crippen LogP contribution in [0.1, 0.15) is 33.3 Å². The van der Waals surface area contributed by atoms with Gasteiger partial charge in [-0.2, -0.15) is 5.10 Å². The lowest BCUT2D eigenvalue weighted by Crippen LogP contribution is -2.49. The van der Waals surface area contributed by atoms with E-state index in [1.165, 1.54) is 13.0 Å². The highest BCUT2D eigenvalue weighted by Crippen LogP contribution is 2.23. The number of fused-ring (bicyclic) bond motifs is 1. The summed E-state index contributed by atoms with van der Waals surface area (Å²) in [5.41, 5.74) is 2.48. The summed E-state index contributed by atoms with van der Waals surface area (Å²) < 4.78 is 16.0. The number of halogens is 1. The molecule has 7 nitrogen and oxygen atoms in total. The molecule has 2 aromatic heterocycles. The quantitative estimate of drug-likeness (QED) is 0.652. The molecule has 3 aromatic rings. The van der Waals surface area contributed by atoms with E-state index in [0.717, 1.165) is 0 Å². The number of anilines is 1. The standard InChI is InChI=1S/C20H20FN5O2/c1-13-18(19-22-6-3-7-26(19)23-13)20(28)25-10-8-24(9-11-25)17-5-4-15(14(2)27)12-16(17)21/h3-7,12H,8-11H2,1-2H3. The van der Waals surface area contributed by atoms with Crippen LogP contribution in [-0.4, -0.2) is 57.4 Å². The lowest BCUT2D eigenvalue weighted by atomic mass is 10.1. The second-order valence-electron chi connectivity index (χ2n) is 6.85. The van der Waals surface area contributed by atoms with E-state index in [1.807, 2.05) is 4.90 Å². The third kappa shape index (κ3) is 3.11. The van der Waals surface area contributed by atoms with E-state index in [0.29, 0.717) is 54.3 Å². The van der Waals surface area contributed by atoms with Gasteiger partial charge >= 0.3 is 0 Å². The first-order valence-corrected chi connectivity index (χ1v) is 9.10. The van der Waals surface area contributed by atoms with E-state index in [4.69, 9.17) is 0 Å². The van der Waals surface area contributed by atoms with Crippen molar-refractivity contribution in [3.63, 3.8) is 0 Å². The smallest absolute Gasteiger partial charge is 0.259 e. The Balaban J connectivity index is 1.50. The second kappa shape index (κ2) is 7.03. The lowest BCUT2D eigenvalue weighted by Gasteiger charge is -2.36. The SMILES string of the molecule is CC(=O)c1ccc(N2CCN(C(=O)c3c(C)nn4cccnc34)CC2)c(F)c1. The molecule has 1 aromatic carbocycles. The second-order valence-corrected chi connectivity index (χ2v) is 6.85. The van der Waals surface area contributed by atoms with E-state index in [9.17, 15) is 14.0 Å². The summed E-state index contributed by atoms with van der Waals surface area (Å²) in [4.78, 5) is 32.3. The molecule has 3 heterocycles. The molecule has 8 heteroatoms. The number of aromatic nitrogens is 3. The van der Waals surface area contributed by atoms with Crippen molar-refractivity contribution in [3.05, 3.63) is 59.3 Å². The zero-order valence-electron chi connectivity index (χ0n) is 15.7. The van der Waals surface area contributed by atoms with Crippen molar-refractivity contribution in [2.24, 2.45) is 0 Å². The highest BCUT2D eigenvalue weighted by atomic mass is 19.1. The predicted octanol–water partition coefficient (Wildman–Crippen LogP) is 2.34. The summed E-state index contributed by atoms with van der Waals surface area (Å²) in [6.07, 6.45) is 3.40. The maximum absolute atomic E-state index is 14.4. The number of piperazine rings is 1. The number of amides is 1. The molecule has 1 amide bonds. The van der Waals surface area contributed by atoms with Crippen LogP contribution in [0.25, 0.3) is 5.65 Å². The first-order chi connectivity index (χ1) is 13.5. The Morgan fingerprint density at radius 3 is 2.57 bits per heavy atom. The van der Waals surface area contributed by atoms with Crippen LogP contribution in [0.15, 0.2) is 36.7 Å². The Kier molecular flexibility index (Phi) is 4.54. The Labute approximate surface area is 161 Å². The Hall–Kier alpha value is -3.29. The van der Waals surface area contributed by atoms with E-state index in [-0.39, 0.29) is 11.7 Å². The average molecular weight is 381 g/mol. The zero-order valence-corrected chi connectivity index (χ0v) is 15.7. The van der Waals surface area contributed by atoms with E-state index in [2.05, 4.69) is 10.1 Å². The van der Waals surface area contributed by atoms with Crippen molar-refractivity contribution in [2.75, 3.05) is 31.1 Å². The highest BCUT2D eigenvalue weighted by Gasteiger charge is 2.27. The number of benzene rings is 1. The summed E-state index contributed by atoms with van der Waals surface area (Å²) in [6, 6.07) is 6.29. The monoisotopic (exact) mass is 381 g/mol. The number of carbonyl (C=O) groups is 2. The summed E-state index contributed by atoms with van der Waals surface area (Å²) in [7, 11) is 0. The molecule has 0 spiro atoms. The number of aryl methyl sites for hydroxylation is 1. The van der Waals surface area contributed by atoms with Gasteiger partial charge in [0.1, 0.15) is 11.4 Å². The Morgan fingerprint density at radius 1 is 1.14 bits per heavy atom. The Morgan fingerprint density at radius 2 is 1.89 bits per heavy atom. The summed E-state index contributed by atoms with van der Waals surface area (Å²) >= 11 is 0. The minimum atomic E-state index is -0.421.